The van der Waals surface area contributed by atoms with Gasteiger partial charge in [-0.25, -0.2) is 0 Å². The van der Waals surface area contributed by atoms with Crippen molar-refractivity contribution in [3.63, 3.8) is 0 Å². The highest BCUT2D eigenvalue weighted by molar-refractivity contribution is 5.81. The summed E-state index contributed by atoms with van der Waals surface area (Å²) in [6.07, 6.45) is 7.13. The van der Waals surface area contributed by atoms with Crippen LogP contribution in [0.5, 0.6) is 11.5 Å². The minimum absolute atomic E-state index is 0.0511. The second-order valence-corrected chi connectivity index (χ2v) is 5.52. The van der Waals surface area contributed by atoms with Gasteiger partial charge < -0.3 is 14.8 Å². The van der Waals surface area contributed by atoms with Gasteiger partial charge in [-0.1, -0.05) is 18.6 Å². The van der Waals surface area contributed by atoms with Gasteiger partial charge >= 0.3 is 0 Å². The average Bonchev–Trinajstić information content (AvgIpc) is 2.59. The molecule has 4 heteroatoms. The summed E-state index contributed by atoms with van der Waals surface area (Å²) in [5.74, 6) is 1.40. The number of nitrogens with one attached hydrogen (secondary N) is 1. The van der Waals surface area contributed by atoms with Crippen LogP contribution in [0.4, 0.5) is 0 Å². The fourth-order valence-electron chi connectivity index (χ4n) is 2.52. The first-order chi connectivity index (χ1) is 10.7. The van der Waals surface area contributed by atoms with Crippen molar-refractivity contribution in [2.24, 2.45) is 0 Å². The molecule has 1 aliphatic rings. The lowest BCUT2D eigenvalue weighted by molar-refractivity contribution is -0.127. The fraction of sp³-hybridized carbons (Fsp3) is 0.500. The van der Waals surface area contributed by atoms with Gasteiger partial charge in [-0.15, -0.1) is 0 Å². The van der Waals surface area contributed by atoms with E-state index in [-0.39, 0.29) is 5.91 Å². The summed E-state index contributed by atoms with van der Waals surface area (Å²) in [7, 11) is 1.62. The second kappa shape index (κ2) is 8.47. The van der Waals surface area contributed by atoms with Gasteiger partial charge in [0.1, 0.15) is 11.5 Å². The van der Waals surface area contributed by atoms with Crippen LogP contribution >= 0.6 is 0 Å². The molecule has 0 aliphatic heterocycles. The van der Waals surface area contributed by atoms with E-state index in [0.717, 1.165) is 18.6 Å². The molecule has 1 N–H and O–H groups in total. The van der Waals surface area contributed by atoms with Gasteiger partial charge in [0.15, 0.2) is 6.10 Å². The molecule has 0 aromatic heterocycles. The highest BCUT2D eigenvalue weighted by atomic mass is 16.5. The molecule has 1 aliphatic carbocycles. The Labute approximate surface area is 132 Å². The van der Waals surface area contributed by atoms with Crippen LogP contribution in [-0.2, 0) is 4.79 Å². The number of carbonyl (C=O) groups is 1. The molecule has 0 bridgehead atoms. The zero-order chi connectivity index (χ0) is 15.8. The lowest BCUT2D eigenvalue weighted by Gasteiger charge is -2.19. The molecule has 22 heavy (non-hydrogen) atoms. The van der Waals surface area contributed by atoms with E-state index in [1.54, 1.807) is 7.11 Å². The normalized spacial score (nSPS) is 15.6. The zero-order valence-electron chi connectivity index (χ0n) is 13.4. The summed E-state index contributed by atoms with van der Waals surface area (Å²) in [5, 5.41) is 2.99. The van der Waals surface area contributed by atoms with Crippen molar-refractivity contribution in [2.45, 2.75) is 45.1 Å². The number of hydrogen-bond acceptors (Lipinski definition) is 3. The number of carbonyl (C=O) groups excluding carboxylic acids is 1. The maximum Gasteiger partial charge on any atom is 0.261 e. The zero-order valence-corrected chi connectivity index (χ0v) is 13.4. The molecule has 0 radical (unpaired) electrons. The van der Waals surface area contributed by atoms with Gasteiger partial charge in [-0.3, -0.25) is 4.79 Å². The Balaban J connectivity index is 1.86. The predicted molar refractivity (Wildman–Crippen MR) is 87.3 cm³/mol. The van der Waals surface area contributed by atoms with E-state index in [1.807, 2.05) is 31.2 Å². The maximum absolute atomic E-state index is 12.3. The van der Waals surface area contributed by atoms with E-state index in [9.17, 15) is 4.79 Å². The van der Waals surface area contributed by atoms with Gasteiger partial charge in [0.2, 0.25) is 0 Å². The van der Waals surface area contributed by atoms with Gasteiger partial charge in [0, 0.05) is 6.54 Å². The maximum atomic E-state index is 12.3. The molecular weight excluding hydrogens is 278 g/mol. The molecule has 0 saturated heterocycles. The molecule has 1 atom stereocenters. The summed E-state index contributed by atoms with van der Waals surface area (Å²) in [4.78, 5) is 12.3. The molecule has 1 aromatic carbocycles. The van der Waals surface area contributed by atoms with Crippen molar-refractivity contribution < 1.29 is 14.3 Å². The van der Waals surface area contributed by atoms with E-state index < -0.39 is 6.10 Å². The number of amides is 1. The van der Waals surface area contributed by atoms with Crippen molar-refractivity contribution in [1.29, 1.82) is 0 Å². The van der Waals surface area contributed by atoms with Crippen molar-refractivity contribution in [1.82, 2.24) is 5.32 Å². The highest BCUT2D eigenvalue weighted by Crippen LogP contribution is 2.19. The largest absolute Gasteiger partial charge is 0.497 e. The monoisotopic (exact) mass is 303 g/mol. The summed E-state index contributed by atoms with van der Waals surface area (Å²) in [6, 6.07) is 7.29. The van der Waals surface area contributed by atoms with Crippen LogP contribution in [0.2, 0.25) is 0 Å². The number of benzene rings is 1. The second-order valence-electron chi connectivity index (χ2n) is 5.52. The first-order valence-corrected chi connectivity index (χ1v) is 7.99. The third-order valence-corrected chi connectivity index (χ3v) is 3.88. The Morgan fingerprint density at radius 2 is 1.95 bits per heavy atom. The molecule has 1 amide bonds. The topological polar surface area (TPSA) is 47.6 Å². The Hall–Kier alpha value is -1.97. The van der Waals surface area contributed by atoms with E-state index in [1.165, 1.54) is 18.4 Å². The van der Waals surface area contributed by atoms with Crippen LogP contribution in [0.1, 0.15) is 39.0 Å². The van der Waals surface area contributed by atoms with Gasteiger partial charge in [0.05, 0.1) is 7.11 Å². The minimum atomic E-state index is -0.461. The van der Waals surface area contributed by atoms with Crippen LogP contribution in [0.25, 0.3) is 0 Å². The standard InChI is InChI=1S/C18H25NO3/c1-3-17(22-16-11-9-15(21-2)10-12-16)18(20)19-13-14-7-5-4-6-8-14/h7,9-12,17H,3-6,8,13H2,1-2H3,(H,19,20)/t17-/m1/s1. The number of hydrogen-bond donors (Lipinski definition) is 1. The quantitative estimate of drug-likeness (QED) is 0.785. The van der Waals surface area contributed by atoms with E-state index in [0.29, 0.717) is 18.7 Å². The lowest BCUT2D eigenvalue weighted by Crippen LogP contribution is -2.39. The molecule has 0 unspecified atom stereocenters. The molecule has 120 valence electrons. The lowest BCUT2D eigenvalue weighted by atomic mass is 10.00. The first kappa shape index (κ1) is 16.4. The van der Waals surface area contributed by atoms with E-state index >= 15 is 0 Å². The van der Waals surface area contributed by atoms with Crippen molar-refractivity contribution in [3.05, 3.63) is 35.9 Å². The Morgan fingerprint density at radius 1 is 1.23 bits per heavy atom. The summed E-state index contributed by atoms with van der Waals surface area (Å²) in [5.41, 5.74) is 1.33. The molecular formula is C18H25NO3. The average molecular weight is 303 g/mol. The minimum Gasteiger partial charge on any atom is -0.497 e. The Morgan fingerprint density at radius 3 is 2.55 bits per heavy atom. The van der Waals surface area contributed by atoms with Gasteiger partial charge in [0.25, 0.3) is 5.91 Å². The number of ether oxygens (including phenoxy) is 2. The van der Waals surface area contributed by atoms with Gasteiger partial charge in [-0.05, 0) is 56.4 Å². The van der Waals surface area contributed by atoms with Crippen LogP contribution in [0.15, 0.2) is 35.9 Å². The highest BCUT2D eigenvalue weighted by Gasteiger charge is 2.18. The van der Waals surface area contributed by atoms with E-state index in [2.05, 4.69) is 11.4 Å². The molecule has 0 saturated carbocycles. The fourth-order valence-corrected chi connectivity index (χ4v) is 2.52. The molecule has 2 rings (SSSR count). The summed E-state index contributed by atoms with van der Waals surface area (Å²) >= 11 is 0. The molecule has 4 nitrogen and oxygen atoms in total. The van der Waals surface area contributed by atoms with Crippen molar-refractivity contribution in [3.8, 4) is 11.5 Å². The Bertz CT molecular complexity index is 508. The van der Waals surface area contributed by atoms with E-state index in [4.69, 9.17) is 9.47 Å². The smallest absolute Gasteiger partial charge is 0.261 e. The van der Waals surface area contributed by atoms with Crippen LogP contribution in [0.3, 0.4) is 0 Å². The number of allylic oxidation sites excluding steroid dienone is 1. The van der Waals surface area contributed by atoms with Gasteiger partial charge in [-0.2, -0.15) is 0 Å². The molecule has 0 fully saturated rings. The van der Waals surface area contributed by atoms with Crippen LogP contribution in [0, 0.1) is 0 Å². The number of rotatable bonds is 7. The molecule has 0 heterocycles. The van der Waals surface area contributed by atoms with Crippen LogP contribution in [-0.4, -0.2) is 25.7 Å². The SMILES string of the molecule is CC[C@@H](Oc1ccc(OC)cc1)C(=O)NCC1=CCCCC1. The third kappa shape index (κ3) is 4.79. The summed E-state index contributed by atoms with van der Waals surface area (Å²) in [6.45, 7) is 2.59. The molecule has 1 aromatic rings. The predicted octanol–water partition coefficient (Wildman–Crippen LogP) is 3.47. The Kier molecular flexibility index (Phi) is 6.31. The summed E-state index contributed by atoms with van der Waals surface area (Å²) < 4.78 is 10.9. The van der Waals surface area contributed by atoms with Crippen molar-refractivity contribution in [2.75, 3.05) is 13.7 Å². The third-order valence-electron chi connectivity index (χ3n) is 3.88. The van der Waals surface area contributed by atoms with Crippen molar-refractivity contribution >= 4 is 5.91 Å². The van der Waals surface area contributed by atoms with Crippen LogP contribution < -0.4 is 14.8 Å². The molecule has 0 spiro atoms. The number of methoxy groups -OCH3 is 1. The first-order valence-electron chi connectivity index (χ1n) is 7.99.